The molecule has 0 bridgehead atoms. The molecule has 2 unspecified atom stereocenters. The Bertz CT molecular complexity index is 828. The number of alkyl halides is 3. The van der Waals surface area contributed by atoms with Gasteiger partial charge in [-0.25, -0.2) is 4.79 Å². The Morgan fingerprint density at radius 3 is 2.53 bits per heavy atom. The van der Waals surface area contributed by atoms with Gasteiger partial charge in [-0.2, -0.15) is 4.98 Å². The first-order chi connectivity index (χ1) is 13.9. The molecular formula is C18H24F3N3O6. The van der Waals surface area contributed by atoms with E-state index in [1.807, 2.05) is 0 Å². The lowest BCUT2D eigenvalue weighted by Gasteiger charge is -2.29. The average molecular weight is 435 g/mol. The van der Waals surface area contributed by atoms with Gasteiger partial charge in [-0.15, -0.1) is 13.2 Å². The van der Waals surface area contributed by atoms with E-state index in [-0.39, 0.29) is 18.3 Å². The Labute approximate surface area is 170 Å². The third kappa shape index (κ3) is 6.02. The topological polar surface area (TPSA) is 109 Å². The van der Waals surface area contributed by atoms with Gasteiger partial charge in [-0.05, 0) is 12.0 Å². The van der Waals surface area contributed by atoms with Gasteiger partial charge in [0.25, 0.3) is 0 Å². The molecule has 1 N–H and O–H groups in total. The normalized spacial score (nSPS) is 25.0. The number of rotatable bonds is 7. The molecule has 30 heavy (non-hydrogen) atoms. The highest BCUT2D eigenvalue weighted by Crippen LogP contribution is 2.43. The van der Waals surface area contributed by atoms with Crippen LogP contribution in [-0.2, 0) is 23.8 Å². The smallest absolute Gasteiger partial charge is 0.463 e. The molecule has 0 aromatic carbocycles. The molecule has 0 radical (unpaired) electrons. The van der Waals surface area contributed by atoms with Crippen molar-refractivity contribution in [3.05, 3.63) is 22.7 Å². The summed E-state index contributed by atoms with van der Waals surface area (Å²) >= 11 is 0. The second-order valence-corrected chi connectivity index (χ2v) is 7.04. The summed E-state index contributed by atoms with van der Waals surface area (Å²) in [6.07, 6.45) is -7.28. The average Bonchev–Trinajstić information content (AvgIpc) is 2.95. The molecule has 1 saturated heterocycles. The first-order valence-electron chi connectivity index (χ1n) is 9.33. The lowest BCUT2D eigenvalue weighted by Crippen LogP contribution is -2.40. The van der Waals surface area contributed by atoms with E-state index >= 15 is 0 Å². The molecule has 1 aromatic rings. The number of esters is 1. The van der Waals surface area contributed by atoms with Gasteiger partial charge in [-0.1, -0.05) is 20.3 Å². The number of halogens is 3. The zero-order chi connectivity index (χ0) is 22.6. The van der Waals surface area contributed by atoms with Crippen LogP contribution < -0.4 is 11.0 Å². The number of anilines is 1. The van der Waals surface area contributed by atoms with Gasteiger partial charge in [0.1, 0.15) is 24.6 Å². The summed E-state index contributed by atoms with van der Waals surface area (Å²) in [5, 5.41) is 2.32. The maximum absolute atomic E-state index is 13.2. The molecule has 0 saturated carbocycles. The standard InChI is InChI=1S/C18H24F3N3O6/c1-5-9(2)14-12(8-28-11(4)26)29-16(15(14)30-18(19,20)21)24-7-6-13(22-10(3)25)23-17(24)27/h6-7,9,12,14-16H,5,8H2,1-4H3,(H,22,23,25,27)/t9?,12-,14+,15?,16-/m1/s1. The van der Waals surface area contributed by atoms with E-state index in [2.05, 4.69) is 15.0 Å². The minimum atomic E-state index is -4.98. The van der Waals surface area contributed by atoms with E-state index in [4.69, 9.17) is 9.47 Å². The van der Waals surface area contributed by atoms with Crippen molar-refractivity contribution < 1.29 is 37.0 Å². The summed E-state index contributed by atoms with van der Waals surface area (Å²) in [5.41, 5.74) is -0.932. The third-order valence-electron chi connectivity index (χ3n) is 4.83. The summed E-state index contributed by atoms with van der Waals surface area (Å²) in [4.78, 5) is 38.4. The van der Waals surface area contributed by atoms with Crippen LogP contribution >= 0.6 is 0 Å². The molecule has 12 heteroatoms. The number of ether oxygens (including phenoxy) is 3. The van der Waals surface area contributed by atoms with Crippen molar-refractivity contribution in [2.24, 2.45) is 11.8 Å². The van der Waals surface area contributed by atoms with Crippen LogP contribution in [0, 0.1) is 11.8 Å². The Kier molecular flexibility index (Phi) is 7.59. The molecule has 2 rings (SSSR count). The van der Waals surface area contributed by atoms with E-state index in [0.717, 1.165) is 4.57 Å². The summed E-state index contributed by atoms with van der Waals surface area (Å²) in [5.74, 6) is -2.25. The van der Waals surface area contributed by atoms with E-state index in [9.17, 15) is 27.6 Å². The molecule has 0 spiro atoms. The Morgan fingerprint density at radius 1 is 1.37 bits per heavy atom. The number of hydrogen-bond acceptors (Lipinski definition) is 7. The Morgan fingerprint density at radius 2 is 2.03 bits per heavy atom. The Balaban J connectivity index is 2.45. The third-order valence-corrected chi connectivity index (χ3v) is 4.83. The zero-order valence-corrected chi connectivity index (χ0v) is 16.9. The highest BCUT2D eigenvalue weighted by Gasteiger charge is 2.53. The molecule has 2 heterocycles. The molecule has 168 valence electrons. The monoisotopic (exact) mass is 435 g/mol. The highest BCUT2D eigenvalue weighted by molar-refractivity contribution is 5.87. The molecular weight excluding hydrogens is 411 g/mol. The van der Waals surface area contributed by atoms with Crippen molar-refractivity contribution in [1.82, 2.24) is 9.55 Å². The number of carbonyl (C=O) groups is 2. The number of nitrogens with one attached hydrogen (secondary N) is 1. The SMILES string of the molecule is CCC(C)[C@@H]1C(OC(F)(F)F)[C@H](n2ccc(NC(C)=O)nc2=O)O[C@@H]1COC(C)=O. The van der Waals surface area contributed by atoms with Crippen LogP contribution in [0.4, 0.5) is 19.0 Å². The van der Waals surface area contributed by atoms with Gasteiger partial charge in [0.15, 0.2) is 6.23 Å². The van der Waals surface area contributed by atoms with E-state index in [1.165, 1.54) is 26.1 Å². The molecule has 1 amide bonds. The highest BCUT2D eigenvalue weighted by atomic mass is 19.4. The van der Waals surface area contributed by atoms with Crippen molar-refractivity contribution in [2.45, 2.75) is 58.9 Å². The van der Waals surface area contributed by atoms with Gasteiger partial charge >= 0.3 is 18.0 Å². The number of amides is 1. The van der Waals surface area contributed by atoms with Crippen molar-refractivity contribution in [2.75, 3.05) is 11.9 Å². The predicted octanol–water partition coefficient (Wildman–Crippen LogP) is 2.23. The zero-order valence-electron chi connectivity index (χ0n) is 16.9. The second kappa shape index (κ2) is 9.56. The molecule has 1 aromatic heterocycles. The minimum absolute atomic E-state index is 0.0509. The molecule has 1 fully saturated rings. The molecule has 0 aliphatic carbocycles. The second-order valence-electron chi connectivity index (χ2n) is 7.04. The largest absolute Gasteiger partial charge is 0.522 e. The minimum Gasteiger partial charge on any atom is -0.463 e. The van der Waals surface area contributed by atoms with Crippen LogP contribution in [0.15, 0.2) is 17.1 Å². The predicted molar refractivity (Wildman–Crippen MR) is 97.2 cm³/mol. The number of aromatic nitrogens is 2. The van der Waals surface area contributed by atoms with Crippen molar-refractivity contribution in [3.8, 4) is 0 Å². The maximum Gasteiger partial charge on any atom is 0.522 e. The van der Waals surface area contributed by atoms with Gasteiger partial charge < -0.3 is 14.8 Å². The van der Waals surface area contributed by atoms with Gasteiger partial charge in [0.05, 0.1) is 0 Å². The lowest BCUT2D eigenvalue weighted by molar-refractivity contribution is -0.355. The number of hydrogen-bond donors (Lipinski definition) is 1. The first-order valence-corrected chi connectivity index (χ1v) is 9.33. The fourth-order valence-electron chi connectivity index (χ4n) is 3.43. The van der Waals surface area contributed by atoms with Gasteiger partial charge in [-0.3, -0.25) is 18.9 Å². The Hall–Kier alpha value is -2.47. The van der Waals surface area contributed by atoms with Crippen LogP contribution in [0.3, 0.4) is 0 Å². The van der Waals surface area contributed by atoms with E-state index in [0.29, 0.717) is 6.42 Å². The first kappa shape index (κ1) is 23.8. The van der Waals surface area contributed by atoms with Gasteiger partial charge in [0.2, 0.25) is 5.91 Å². The van der Waals surface area contributed by atoms with Crippen LogP contribution in [0.25, 0.3) is 0 Å². The molecule has 1 aliphatic heterocycles. The van der Waals surface area contributed by atoms with Crippen LogP contribution in [-0.4, -0.2) is 46.6 Å². The van der Waals surface area contributed by atoms with Crippen LogP contribution in [0.5, 0.6) is 0 Å². The van der Waals surface area contributed by atoms with Crippen LogP contribution in [0.1, 0.15) is 40.3 Å². The number of nitrogens with zero attached hydrogens (tertiary/aromatic N) is 2. The van der Waals surface area contributed by atoms with Crippen molar-refractivity contribution in [1.29, 1.82) is 0 Å². The summed E-state index contributed by atoms with van der Waals surface area (Å²) < 4.78 is 55.4. The summed E-state index contributed by atoms with van der Waals surface area (Å²) in [7, 11) is 0. The maximum atomic E-state index is 13.2. The quantitative estimate of drug-likeness (QED) is 0.654. The molecule has 5 atom stereocenters. The van der Waals surface area contributed by atoms with Crippen molar-refractivity contribution in [3.63, 3.8) is 0 Å². The van der Waals surface area contributed by atoms with E-state index < -0.39 is 48.3 Å². The lowest BCUT2D eigenvalue weighted by atomic mass is 9.84. The summed E-state index contributed by atoms with van der Waals surface area (Å²) in [6, 6.07) is 1.26. The summed E-state index contributed by atoms with van der Waals surface area (Å²) in [6.45, 7) is 5.62. The van der Waals surface area contributed by atoms with Gasteiger partial charge in [0, 0.05) is 26.0 Å². The van der Waals surface area contributed by atoms with Crippen LogP contribution in [0.2, 0.25) is 0 Å². The molecule has 9 nitrogen and oxygen atoms in total. The fraction of sp³-hybridized carbons (Fsp3) is 0.667. The number of carbonyl (C=O) groups excluding carboxylic acids is 2. The molecule has 1 aliphatic rings. The fourth-order valence-corrected chi connectivity index (χ4v) is 3.43. The van der Waals surface area contributed by atoms with Crippen molar-refractivity contribution >= 4 is 17.7 Å². The van der Waals surface area contributed by atoms with E-state index in [1.54, 1.807) is 13.8 Å².